The van der Waals surface area contributed by atoms with E-state index in [2.05, 4.69) is 4.98 Å². The van der Waals surface area contributed by atoms with E-state index in [1.807, 2.05) is 30.5 Å². The van der Waals surface area contributed by atoms with E-state index < -0.39 is 17.9 Å². The molecule has 5 nitrogen and oxygen atoms in total. The summed E-state index contributed by atoms with van der Waals surface area (Å²) >= 11 is 0. The molecule has 0 fully saturated rings. The van der Waals surface area contributed by atoms with E-state index >= 15 is 0 Å². The van der Waals surface area contributed by atoms with Gasteiger partial charge in [0.15, 0.2) is 0 Å². The monoisotopic (exact) mass is 320 g/mol. The van der Waals surface area contributed by atoms with Gasteiger partial charge >= 0.3 is 5.97 Å². The maximum absolute atomic E-state index is 12.7. The molecule has 5 heteroatoms. The maximum Gasteiger partial charge on any atom is 0.313 e. The summed E-state index contributed by atoms with van der Waals surface area (Å²) in [4.78, 5) is 29.5. The molecule has 1 amide bonds. The van der Waals surface area contributed by atoms with Crippen molar-refractivity contribution in [1.82, 2.24) is 9.88 Å². The van der Waals surface area contributed by atoms with Crippen LogP contribution in [0.4, 0.5) is 0 Å². The Hall–Kier alpha value is -3.08. The van der Waals surface area contributed by atoms with E-state index in [1.165, 1.54) is 4.90 Å². The normalized spacial score (nSPS) is 20.2. The number of para-hydroxylation sites is 1. The molecule has 2 aromatic carbocycles. The summed E-state index contributed by atoms with van der Waals surface area (Å²) in [5.74, 6) is -1.89. The second-order valence-electron chi connectivity index (χ2n) is 6.05. The molecule has 4 rings (SSSR count). The van der Waals surface area contributed by atoms with Crippen LogP contribution in [0.15, 0.2) is 54.7 Å². The first kappa shape index (κ1) is 14.5. The molecule has 2 N–H and O–H groups in total. The minimum absolute atomic E-state index is 0.154. The number of aromatic nitrogens is 1. The number of aromatic amines is 1. The molecule has 24 heavy (non-hydrogen) atoms. The molecule has 2 atom stereocenters. The average Bonchev–Trinajstić information content (AvgIpc) is 3.01. The number of nitrogens with one attached hydrogen (secondary N) is 1. The number of hydrogen-bond acceptors (Lipinski definition) is 2. The molecule has 0 aliphatic carbocycles. The number of nitrogens with zero attached hydrogens (tertiary/aromatic N) is 1. The summed E-state index contributed by atoms with van der Waals surface area (Å²) in [6.07, 6.45) is 1.81. The number of hydrogen-bond donors (Lipinski definition) is 2. The first-order chi connectivity index (χ1) is 11.6. The average molecular weight is 320 g/mol. The molecular weight excluding hydrogens is 304 g/mol. The molecule has 0 bridgehead atoms. The number of likely N-dealkylation sites (N-methyl/N-ethyl adjacent to an activating group) is 1. The van der Waals surface area contributed by atoms with Gasteiger partial charge in [-0.3, -0.25) is 9.59 Å². The van der Waals surface area contributed by atoms with E-state index in [-0.39, 0.29) is 5.91 Å². The Kier molecular flexibility index (Phi) is 3.16. The highest BCUT2D eigenvalue weighted by molar-refractivity contribution is 6.01. The van der Waals surface area contributed by atoms with Gasteiger partial charge in [0, 0.05) is 35.3 Å². The Labute approximate surface area is 138 Å². The third-order valence-electron chi connectivity index (χ3n) is 4.79. The number of fused-ring (bicyclic) bond motifs is 2. The molecule has 0 saturated heterocycles. The molecule has 0 saturated carbocycles. The van der Waals surface area contributed by atoms with Crippen molar-refractivity contribution in [2.75, 3.05) is 7.05 Å². The van der Waals surface area contributed by atoms with Gasteiger partial charge in [0.05, 0.1) is 6.04 Å². The Morgan fingerprint density at radius 1 is 1.08 bits per heavy atom. The molecule has 120 valence electrons. The van der Waals surface area contributed by atoms with E-state index in [0.29, 0.717) is 11.1 Å². The summed E-state index contributed by atoms with van der Waals surface area (Å²) in [5, 5.41) is 10.8. The van der Waals surface area contributed by atoms with Gasteiger partial charge in [-0.1, -0.05) is 36.4 Å². The van der Waals surface area contributed by atoms with Crippen molar-refractivity contribution in [2.45, 2.75) is 12.0 Å². The van der Waals surface area contributed by atoms with Gasteiger partial charge in [-0.2, -0.15) is 0 Å². The standard InChI is InChI=1S/C19H16N2O3/c1-21-17(14-10-20-15-9-5-4-6-11(14)15)16(19(23)24)12-7-2-3-8-13(12)18(21)22/h2-10,16-17,20H,1H3,(H,23,24). The van der Waals surface area contributed by atoms with Crippen molar-refractivity contribution in [2.24, 2.45) is 0 Å². The highest BCUT2D eigenvalue weighted by Gasteiger charge is 2.43. The number of H-pyrrole nitrogens is 1. The smallest absolute Gasteiger partial charge is 0.313 e. The fourth-order valence-corrected chi connectivity index (χ4v) is 3.67. The fourth-order valence-electron chi connectivity index (χ4n) is 3.67. The number of aliphatic carboxylic acids is 1. The van der Waals surface area contributed by atoms with Gasteiger partial charge in [-0.15, -0.1) is 0 Å². The number of carbonyl (C=O) groups excluding carboxylic acids is 1. The zero-order valence-electron chi connectivity index (χ0n) is 13.1. The van der Waals surface area contributed by atoms with Crippen LogP contribution < -0.4 is 0 Å². The van der Waals surface area contributed by atoms with E-state index in [9.17, 15) is 14.7 Å². The van der Waals surface area contributed by atoms with Crippen LogP contribution in [0.2, 0.25) is 0 Å². The summed E-state index contributed by atoms with van der Waals surface area (Å²) in [6.45, 7) is 0. The lowest BCUT2D eigenvalue weighted by molar-refractivity contribution is -0.140. The number of amides is 1. The van der Waals surface area contributed by atoms with E-state index in [0.717, 1.165) is 16.5 Å². The van der Waals surface area contributed by atoms with Gasteiger partial charge in [-0.25, -0.2) is 0 Å². The molecule has 1 aliphatic rings. The summed E-state index contributed by atoms with van der Waals surface area (Å²) in [5.41, 5.74) is 2.78. The summed E-state index contributed by atoms with van der Waals surface area (Å²) in [7, 11) is 1.67. The first-order valence-corrected chi connectivity index (χ1v) is 7.74. The van der Waals surface area contributed by atoms with Crippen LogP contribution in [0.3, 0.4) is 0 Å². The SMILES string of the molecule is CN1C(=O)c2ccccc2C(C(=O)O)C1c1c[nH]c2ccccc12. The van der Waals surface area contributed by atoms with E-state index in [4.69, 9.17) is 0 Å². The molecule has 0 radical (unpaired) electrons. The third kappa shape index (κ3) is 1.94. The Bertz CT molecular complexity index is 960. The lowest BCUT2D eigenvalue weighted by atomic mass is 9.80. The number of carboxylic acids is 1. The first-order valence-electron chi connectivity index (χ1n) is 7.74. The number of rotatable bonds is 2. The molecule has 3 aromatic rings. The van der Waals surface area contributed by atoms with Crippen molar-refractivity contribution in [3.8, 4) is 0 Å². The van der Waals surface area contributed by atoms with Crippen molar-refractivity contribution in [3.05, 3.63) is 71.4 Å². The quantitative estimate of drug-likeness (QED) is 0.762. The zero-order valence-corrected chi connectivity index (χ0v) is 13.1. The van der Waals surface area contributed by atoms with Gasteiger partial charge in [-0.05, 0) is 17.7 Å². The summed E-state index contributed by atoms with van der Waals surface area (Å²) < 4.78 is 0. The van der Waals surface area contributed by atoms with Crippen LogP contribution in [-0.2, 0) is 4.79 Å². The molecule has 1 aromatic heterocycles. The second-order valence-corrected chi connectivity index (χ2v) is 6.05. The minimum atomic E-state index is -0.933. The Balaban J connectivity index is 1.97. The lowest BCUT2D eigenvalue weighted by Gasteiger charge is -2.38. The van der Waals surface area contributed by atoms with Crippen molar-refractivity contribution >= 4 is 22.8 Å². The second kappa shape index (κ2) is 5.23. The molecule has 2 unspecified atom stereocenters. The van der Waals surface area contributed by atoms with Gasteiger partial charge < -0.3 is 15.0 Å². The van der Waals surface area contributed by atoms with Crippen LogP contribution in [0.5, 0.6) is 0 Å². The third-order valence-corrected chi connectivity index (χ3v) is 4.79. The number of carbonyl (C=O) groups is 2. The fraction of sp³-hybridized carbons (Fsp3) is 0.158. The zero-order chi connectivity index (χ0) is 16.8. The topological polar surface area (TPSA) is 73.4 Å². The Morgan fingerprint density at radius 2 is 1.79 bits per heavy atom. The highest BCUT2D eigenvalue weighted by Crippen LogP contribution is 2.43. The molecule has 2 heterocycles. The number of carboxylic acid groups (broad SMARTS) is 1. The van der Waals surface area contributed by atoms with Crippen molar-refractivity contribution in [3.63, 3.8) is 0 Å². The van der Waals surface area contributed by atoms with Crippen LogP contribution >= 0.6 is 0 Å². The van der Waals surface area contributed by atoms with Gasteiger partial charge in [0.25, 0.3) is 5.91 Å². The van der Waals surface area contributed by atoms with Crippen LogP contribution in [0.25, 0.3) is 10.9 Å². The van der Waals surface area contributed by atoms with E-state index in [1.54, 1.807) is 31.3 Å². The lowest BCUT2D eigenvalue weighted by Crippen LogP contribution is -2.42. The molecule has 1 aliphatic heterocycles. The maximum atomic E-state index is 12.7. The van der Waals surface area contributed by atoms with Gasteiger partial charge in [0.2, 0.25) is 0 Å². The van der Waals surface area contributed by atoms with Gasteiger partial charge in [0.1, 0.15) is 5.92 Å². The Morgan fingerprint density at radius 3 is 2.58 bits per heavy atom. The predicted molar refractivity (Wildman–Crippen MR) is 90.0 cm³/mol. The molecule has 0 spiro atoms. The van der Waals surface area contributed by atoms with Crippen molar-refractivity contribution in [1.29, 1.82) is 0 Å². The predicted octanol–water partition coefficient (Wildman–Crippen LogP) is 3.16. The highest BCUT2D eigenvalue weighted by atomic mass is 16.4. The van der Waals surface area contributed by atoms with Crippen LogP contribution in [0.1, 0.15) is 33.4 Å². The summed E-state index contributed by atoms with van der Waals surface area (Å²) in [6, 6.07) is 14.1. The minimum Gasteiger partial charge on any atom is -0.481 e. The van der Waals surface area contributed by atoms with Crippen LogP contribution in [0, 0.1) is 0 Å². The largest absolute Gasteiger partial charge is 0.481 e. The number of benzene rings is 2. The van der Waals surface area contributed by atoms with Crippen LogP contribution in [-0.4, -0.2) is 33.9 Å². The van der Waals surface area contributed by atoms with Crippen molar-refractivity contribution < 1.29 is 14.7 Å². The molecular formula is C19H16N2O3.